The number of piperidine rings is 1. The lowest BCUT2D eigenvalue weighted by atomic mass is 10.00. The first-order valence-electron chi connectivity index (χ1n) is 10.5. The number of carbonyl (C=O) groups is 2. The van der Waals surface area contributed by atoms with Crippen LogP contribution in [0.2, 0.25) is 0 Å². The molecular formula is C20H26F3N3O6S. The highest BCUT2D eigenvalue weighted by Gasteiger charge is 2.49. The normalized spacial score (nSPS) is 22.7. The van der Waals surface area contributed by atoms with E-state index >= 15 is 0 Å². The van der Waals surface area contributed by atoms with Crippen molar-refractivity contribution in [2.24, 2.45) is 0 Å². The first kappa shape index (κ1) is 25.1. The van der Waals surface area contributed by atoms with Gasteiger partial charge in [-0.3, -0.25) is 10.1 Å². The van der Waals surface area contributed by atoms with E-state index in [4.69, 9.17) is 9.47 Å². The first-order chi connectivity index (χ1) is 15.4. The van der Waals surface area contributed by atoms with Gasteiger partial charge < -0.3 is 14.8 Å². The minimum absolute atomic E-state index is 0.120. The predicted octanol–water partition coefficient (Wildman–Crippen LogP) is 2.18. The van der Waals surface area contributed by atoms with Crippen molar-refractivity contribution >= 4 is 22.0 Å². The van der Waals surface area contributed by atoms with Gasteiger partial charge in [0.25, 0.3) is 5.91 Å². The van der Waals surface area contributed by atoms with E-state index in [2.05, 4.69) is 10.6 Å². The zero-order chi connectivity index (χ0) is 24.3. The van der Waals surface area contributed by atoms with E-state index in [1.807, 2.05) is 0 Å². The summed E-state index contributed by atoms with van der Waals surface area (Å²) in [6.45, 7) is 1.36. The Balaban J connectivity index is 1.57. The maximum absolute atomic E-state index is 12.9. The predicted molar refractivity (Wildman–Crippen MR) is 111 cm³/mol. The largest absolute Gasteiger partial charge is 0.489 e. The summed E-state index contributed by atoms with van der Waals surface area (Å²) in [5.41, 5.74) is -1.50. The molecule has 2 N–H and O–H groups in total. The fourth-order valence-electron chi connectivity index (χ4n) is 3.73. The molecule has 2 aliphatic rings. The lowest BCUT2D eigenvalue weighted by Crippen LogP contribution is -2.55. The Morgan fingerprint density at radius 1 is 1.15 bits per heavy atom. The summed E-state index contributed by atoms with van der Waals surface area (Å²) in [6.07, 6.45) is -4.98. The summed E-state index contributed by atoms with van der Waals surface area (Å²) in [4.78, 5) is 23.7. The van der Waals surface area contributed by atoms with Gasteiger partial charge in [0.2, 0.25) is 10.0 Å². The minimum Gasteiger partial charge on any atom is -0.489 e. The van der Waals surface area contributed by atoms with Crippen LogP contribution in [0, 0.1) is 0 Å². The van der Waals surface area contributed by atoms with Crippen molar-refractivity contribution in [2.45, 2.75) is 50.4 Å². The Kier molecular flexibility index (Phi) is 7.42. The van der Waals surface area contributed by atoms with Gasteiger partial charge in [-0.2, -0.15) is 13.2 Å². The number of nitrogens with one attached hydrogen (secondary N) is 2. The topological polar surface area (TPSA) is 114 Å². The van der Waals surface area contributed by atoms with Gasteiger partial charge in [0.05, 0.1) is 18.8 Å². The first-order valence-corrected chi connectivity index (χ1v) is 12.1. The van der Waals surface area contributed by atoms with Gasteiger partial charge in [-0.05, 0) is 31.4 Å². The molecule has 0 unspecified atom stereocenters. The van der Waals surface area contributed by atoms with Crippen molar-refractivity contribution in [3.05, 3.63) is 24.3 Å². The summed E-state index contributed by atoms with van der Waals surface area (Å²) < 4.78 is 75.3. The monoisotopic (exact) mass is 493 g/mol. The van der Waals surface area contributed by atoms with Gasteiger partial charge in [0.15, 0.2) is 11.5 Å². The number of nitrogens with zero attached hydrogens (tertiary/aromatic N) is 1. The molecule has 0 spiro atoms. The third kappa shape index (κ3) is 6.28. The minimum atomic E-state index is -4.33. The molecule has 0 bridgehead atoms. The highest BCUT2D eigenvalue weighted by Crippen LogP contribution is 2.31. The Morgan fingerprint density at radius 2 is 1.79 bits per heavy atom. The molecule has 2 saturated heterocycles. The van der Waals surface area contributed by atoms with Crippen LogP contribution in [-0.4, -0.2) is 67.9 Å². The zero-order valence-electron chi connectivity index (χ0n) is 18.0. The van der Waals surface area contributed by atoms with Gasteiger partial charge in [-0.25, -0.2) is 17.5 Å². The summed E-state index contributed by atoms with van der Waals surface area (Å²) in [7, 11) is -3.85. The third-order valence-electron chi connectivity index (χ3n) is 5.63. The molecule has 2 heterocycles. The maximum atomic E-state index is 12.9. The number of alkyl halides is 3. The van der Waals surface area contributed by atoms with Crippen molar-refractivity contribution in [1.82, 2.24) is 14.9 Å². The van der Waals surface area contributed by atoms with E-state index in [0.717, 1.165) is 0 Å². The highest BCUT2D eigenvalue weighted by molar-refractivity contribution is 7.89. The van der Waals surface area contributed by atoms with Crippen molar-refractivity contribution in [1.29, 1.82) is 0 Å². The van der Waals surface area contributed by atoms with Crippen LogP contribution in [0.25, 0.3) is 0 Å². The van der Waals surface area contributed by atoms with Crippen molar-refractivity contribution < 1.29 is 40.7 Å². The molecule has 0 saturated carbocycles. The molecule has 1 aromatic carbocycles. The quantitative estimate of drug-likeness (QED) is 0.510. The lowest BCUT2D eigenvalue weighted by molar-refractivity contribution is -0.139. The molecule has 0 aliphatic carbocycles. The van der Waals surface area contributed by atoms with Crippen LogP contribution in [0.5, 0.6) is 11.5 Å². The molecule has 2 aliphatic heterocycles. The molecule has 3 rings (SSSR count). The molecule has 2 fully saturated rings. The van der Waals surface area contributed by atoms with Gasteiger partial charge >= 0.3 is 12.2 Å². The molecule has 0 aromatic heterocycles. The number of halogens is 3. The second-order valence-corrected chi connectivity index (χ2v) is 9.95. The number of carbonyl (C=O) groups excluding carboxylic acids is 2. The number of ether oxygens (including phenoxy) is 2. The van der Waals surface area contributed by atoms with Gasteiger partial charge in [0.1, 0.15) is 11.6 Å². The molecule has 3 amide bonds. The van der Waals surface area contributed by atoms with Crippen LogP contribution in [0.3, 0.4) is 0 Å². The average molecular weight is 494 g/mol. The van der Waals surface area contributed by atoms with Crippen LogP contribution < -0.4 is 20.1 Å². The zero-order valence-corrected chi connectivity index (χ0v) is 18.8. The molecule has 13 heteroatoms. The number of rotatable bonds is 9. The fourth-order valence-corrected chi connectivity index (χ4v) is 5.71. The highest BCUT2D eigenvalue weighted by atomic mass is 32.2. The molecule has 1 aromatic rings. The number of para-hydroxylation sites is 2. The van der Waals surface area contributed by atoms with Crippen molar-refractivity contribution in [3.63, 3.8) is 0 Å². The molecule has 1 atom stereocenters. The SMILES string of the molecule is CC[C@]1(CS(=O)(=O)N2CCC(Oc3ccccc3OCCC(F)(F)F)CC2)NC(=O)NC1=O. The van der Waals surface area contributed by atoms with E-state index in [1.54, 1.807) is 25.1 Å². The van der Waals surface area contributed by atoms with Crippen LogP contribution in [0.1, 0.15) is 32.6 Å². The average Bonchev–Trinajstić information content (AvgIpc) is 3.01. The van der Waals surface area contributed by atoms with E-state index < -0.39 is 52.5 Å². The lowest BCUT2D eigenvalue weighted by Gasteiger charge is -2.34. The Labute approximate surface area is 189 Å². The smallest absolute Gasteiger partial charge is 0.392 e. The third-order valence-corrected chi connectivity index (χ3v) is 7.64. The number of benzene rings is 1. The number of urea groups is 1. The molecule has 0 radical (unpaired) electrons. The number of imide groups is 1. The Bertz CT molecular complexity index is 980. The van der Waals surface area contributed by atoms with Crippen molar-refractivity contribution in [2.75, 3.05) is 25.4 Å². The summed E-state index contributed by atoms with van der Waals surface area (Å²) in [5.74, 6) is -0.741. The van der Waals surface area contributed by atoms with Crippen molar-refractivity contribution in [3.8, 4) is 11.5 Å². The van der Waals surface area contributed by atoms with Crippen LogP contribution in [0.4, 0.5) is 18.0 Å². The number of amides is 3. The number of sulfonamides is 1. The Morgan fingerprint density at radius 3 is 2.33 bits per heavy atom. The second kappa shape index (κ2) is 9.75. The standard InChI is InChI=1S/C20H26F3N3O6S/c1-2-19(17(27)24-18(28)25-19)13-33(29,30)26-10-7-14(8-11-26)32-16-6-4-3-5-15(16)31-12-9-20(21,22)23/h3-6,14H,2,7-13H2,1H3,(H2,24,25,27,28)/t19-/m1/s1. The van der Waals surface area contributed by atoms with E-state index in [1.165, 1.54) is 10.4 Å². The maximum Gasteiger partial charge on any atom is 0.392 e. The number of hydrogen-bond acceptors (Lipinski definition) is 6. The number of hydrogen-bond donors (Lipinski definition) is 2. The molecule has 9 nitrogen and oxygen atoms in total. The van der Waals surface area contributed by atoms with Crippen LogP contribution in [-0.2, 0) is 14.8 Å². The van der Waals surface area contributed by atoms with E-state index in [9.17, 15) is 31.2 Å². The van der Waals surface area contributed by atoms with Gasteiger partial charge in [-0.1, -0.05) is 19.1 Å². The summed E-state index contributed by atoms with van der Waals surface area (Å²) in [5, 5.41) is 4.50. The molecule has 33 heavy (non-hydrogen) atoms. The van der Waals surface area contributed by atoms with Gasteiger partial charge in [0, 0.05) is 13.1 Å². The van der Waals surface area contributed by atoms with Crippen LogP contribution >= 0.6 is 0 Å². The van der Waals surface area contributed by atoms with E-state index in [0.29, 0.717) is 12.8 Å². The fraction of sp³-hybridized carbons (Fsp3) is 0.600. The summed E-state index contributed by atoms with van der Waals surface area (Å²) >= 11 is 0. The summed E-state index contributed by atoms with van der Waals surface area (Å²) in [6, 6.07) is 5.65. The molecular weight excluding hydrogens is 467 g/mol. The van der Waals surface area contributed by atoms with E-state index in [-0.39, 0.29) is 37.1 Å². The molecule has 184 valence electrons. The second-order valence-electron chi connectivity index (χ2n) is 7.98. The van der Waals surface area contributed by atoms with Gasteiger partial charge in [-0.15, -0.1) is 0 Å². The Hall–Kier alpha value is -2.54. The van der Waals surface area contributed by atoms with Crippen LogP contribution in [0.15, 0.2) is 24.3 Å².